The molecule has 3 aliphatic rings. The van der Waals surface area contributed by atoms with Gasteiger partial charge in [-0.25, -0.2) is 0 Å². The van der Waals surface area contributed by atoms with Gasteiger partial charge in [-0.1, -0.05) is 0 Å². The van der Waals surface area contributed by atoms with Crippen LogP contribution in [0.2, 0.25) is 0 Å². The third kappa shape index (κ3) is 2.68. The Morgan fingerprint density at radius 1 is 0.900 bits per heavy atom. The molecule has 5 nitrogen and oxygen atoms in total. The van der Waals surface area contributed by atoms with Crippen LogP contribution in [0.25, 0.3) is 0 Å². The van der Waals surface area contributed by atoms with Gasteiger partial charge in [-0.3, -0.25) is 9.59 Å². The maximum absolute atomic E-state index is 12.6. The molecule has 3 heterocycles. The van der Waals surface area contributed by atoms with Crippen LogP contribution in [0.15, 0.2) is 0 Å². The molecule has 0 aromatic rings. The molecule has 3 fully saturated rings. The zero-order chi connectivity index (χ0) is 13.9. The van der Waals surface area contributed by atoms with Crippen LogP contribution in [0.3, 0.4) is 0 Å². The fourth-order valence-electron chi connectivity index (χ4n) is 3.73. The fraction of sp³-hybridized carbons (Fsp3) is 0.867. The normalized spacial score (nSPS) is 30.8. The van der Waals surface area contributed by atoms with Crippen molar-refractivity contribution in [2.45, 2.75) is 44.6 Å². The maximum Gasteiger partial charge on any atom is 0.245 e. The molecule has 0 spiro atoms. The molecule has 1 N–H and O–H groups in total. The third-order valence-electron chi connectivity index (χ3n) is 4.88. The Hall–Kier alpha value is -1.10. The molecule has 3 saturated heterocycles. The number of carbonyl (C=O) groups is 2. The number of hydrogen-bond acceptors (Lipinski definition) is 3. The summed E-state index contributed by atoms with van der Waals surface area (Å²) in [7, 11) is 0. The maximum atomic E-state index is 12.6. The van der Waals surface area contributed by atoms with E-state index in [0.29, 0.717) is 0 Å². The van der Waals surface area contributed by atoms with Crippen LogP contribution >= 0.6 is 0 Å². The Morgan fingerprint density at radius 2 is 1.70 bits per heavy atom. The average Bonchev–Trinajstić information content (AvgIpc) is 3.18. The van der Waals surface area contributed by atoms with Gasteiger partial charge in [0.2, 0.25) is 11.8 Å². The summed E-state index contributed by atoms with van der Waals surface area (Å²) < 4.78 is 0. The lowest BCUT2D eigenvalue weighted by Crippen LogP contribution is -2.50. The van der Waals surface area contributed by atoms with Gasteiger partial charge in [-0.15, -0.1) is 0 Å². The zero-order valence-corrected chi connectivity index (χ0v) is 12.1. The topological polar surface area (TPSA) is 52.7 Å². The van der Waals surface area contributed by atoms with Gasteiger partial charge < -0.3 is 15.1 Å². The van der Waals surface area contributed by atoms with Crippen LogP contribution < -0.4 is 5.32 Å². The molecule has 20 heavy (non-hydrogen) atoms. The summed E-state index contributed by atoms with van der Waals surface area (Å²) in [5, 5.41) is 3.30. The smallest absolute Gasteiger partial charge is 0.245 e. The minimum absolute atomic E-state index is 0.0794. The van der Waals surface area contributed by atoms with E-state index in [1.165, 1.54) is 0 Å². The molecule has 0 unspecified atom stereocenters. The van der Waals surface area contributed by atoms with Gasteiger partial charge in [0.25, 0.3) is 0 Å². The van der Waals surface area contributed by atoms with Crippen molar-refractivity contribution in [3.8, 4) is 0 Å². The second-order valence-electron chi connectivity index (χ2n) is 6.27. The Labute approximate surface area is 120 Å². The molecular formula is C15H25N3O2. The predicted octanol–water partition coefficient (Wildman–Crippen LogP) is 0.599. The molecular weight excluding hydrogens is 254 g/mol. The molecule has 2 amide bonds. The quantitative estimate of drug-likeness (QED) is 0.805. The van der Waals surface area contributed by atoms with Crippen molar-refractivity contribution in [3.05, 3.63) is 0 Å². The number of piperidine rings is 1. The zero-order valence-electron chi connectivity index (χ0n) is 12.1. The summed E-state index contributed by atoms with van der Waals surface area (Å²) in [4.78, 5) is 29.0. The molecule has 2 atom stereocenters. The Balaban J connectivity index is 1.65. The third-order valence-corrected chi connectivity index (χ3v) is 4.88. The summed E-state index contributed by atoms with van der Waals surface area (Å²) in [6, 6.07) is -0.178. The lowest BCUT2D eigenvalue weighted by Gasteiger charge is -2.32. The predicted molar refractivity (Wildman–Crippen MR) is 76.1 cm³/mol. The van der Waals surface area contributed by atoms with Gasteiger partial charge in [0, 0.05) is 26.2 Å². The summed E-state index contributed by atoms with van der Waals surface area (Å²) in [6.07, 6.45) is 6.07. The van der Waals surface area contributed by atoms with Gasteiger partial charge >= 0.3 is 0 Å². The lowest BCUT2D eigenvalue weighted by molar-refractivity contribution is -0.145. The van der Waals surface area contributed by atoms with E-state index in [9.17, 15) is 9.59 Å². The number of amides is 2. The Morgan fingerprint density at radius 3 is 2.40 bits per heavy atom. The van der Waals surface area contributed by atoms with Crippen molar-refractivity contribution in [2.24, 2.45) is 5.92 Å². The molecule has 112 valence electrons. The first kappa shape index (κ1) is 13.9. The van der Waals surface area contributed by atoms with Crippen molar-refractivity contribution in [2.75, 3.05) is 32.7 Å². The van der Waals surface area contributed by atoms with Crippen LogP contribution in [0, 0.1) is 5.92 Å². The van der Waals surface area contributed by atoms with Crippen molar-refractivity contribution >= 4 is 11.8 Å². The van der Waals surface area contributed by atoms with E-state index in [1.807, 2.05) is 9.80 Å². The fourth-order valence-corrected chi connectivity index (χ4v) is 3.73. The standard InChI is InChI=1S/C15H25N3O2/c19-14(12-5-3-7-16-11-12)18-10-4-6-13(18)15(20)17-8-1-2-9-17/h12-13,16H,1-11H2/t12-,13-/m1/s1. The number of carbonyl (C=O) groups excluding carboxylic acids is 2. The number of rotatable bonds is 2. The van der Waals surface area contributed by atoms with Gasteiger partial charge in [0.05, 0.1) is 5.92 Å². The van der Waals surface area contributed by atoms with E-state index < -0.39 is 0 Å². The molecule has 0 aliphatic carbocycles. The summed E-state index contributed by atoms with van der Waals surface area (Å²) in [6.45, 7) is 4.31. The monoisotopic (exact) mass is 279 g/mol. The first-order valence-corrected chi connectivity index (χ1v) is 8.07. The van der Waals surface area contributed by atoms with Gasteiger partial charge in [0.15, 0.2) is 0 Å². The largest absolute Gasteiger partial charge is 0.341 e. The summed E-state index contributed by atoms with van der Waals surface area (Å²) >= 11 is 0. The summed E-state index contributed by atoms with van der Waals surface area (Å²) in [5.41, 5.74) is 0. The Bertz CT molecular complexity index is 373. The average molecular weight is 279 g/mol. The first-order chi connectivity index (χ1) is 9.77. The van der Waals surface area contributed by atoms with Crippen LogP contribution in [-0.4, -0.2) is 60.4 Å². The van der Waals surface area contributed by atoms with Crippen LogP contribution in [0.1, 0.15) is 38.5 Å². The number of hydrogen-bond donors (Lipinski definition) is 1. The second kappa shape index (κ2) is 6.12. The van der Waals surface area contributed by atoms with Crippen LogP contribution in [-0.2, 0) is 9.59 Å². The Kier molecular flexibility index (Phi) is 4.24. The highest BCUT2D eigenvalue weighted by Gasteiger charge is 2.39. The molecule has 3 rings (SSSR count). The lowest BCUT2D eigenvalue weighted by atomic mass is 9.97. The van der Waals surface area contributed by atoms with Crippen molar-refractivity contribution in [1.29, 1.82) is 0 Å². The van der Waals surface area contributed by atoms with Gasteiger partial charge in [-0.2, -0.15) is 0 Å². The molecule has 5 heteroatoms. The van der Waals surface area contributed by atoms with Gasteiger partial charge in [-0.05, 0) is 45.1 Å². The number of likely N-dealkylation sites (tertiary alicyclic amines) is 2. The van der Waals surface area contributed by atoms with Crippen LogP contribution in [0.4, 0.5) is 0 Å². The van der Waals surface area contributed by atoms with E-state index in [0.717, 1.165) is 71.2 Å². The van der Waals surface area contributed by atoms with E-state index in [2.05, 4.69) is 5.32 Å². The first-order valence-electron chi connectivity index (χ1n) is 8.07. The minimum atomic E-state index is -0.178. The summed E-state index contributed by atoms with van der Waals surface area (Å²) in [5.74, 6) is 0.472. The van der Waals surface area contributed by atoms with Crippen molar-refractivity contribution < 1.29 is 9.59 Å². The highest BCUT2D eigenvalue weighted by Crippen LogP contribution is 2.25. The molecule has 3 aliphatic heterocycles. The highest BCUT2D eigenvalue weighted by atomic mass is 16.2. The molecule has 0 radical (unpaired) electrons. The molecule has 0 aromatic carbocycles. The van der Waals surface area contributed by atoms with E-state index in [4.69, 9.17) is 0 Å². The van der Waals surface area contributed by atoms with E-state index >= 15 is 0 Å². The van der Waals surface area contributed by atoms with Crippen LogP contribution in [0.5, 0.6) is 0 Å². The highest BCUT2D eigenvalue weighted by molar-refractivity contribution is 5.89. The molecule has 0 saturated carbocycles. The molecule has 0 aromatic heterocycles. The van der Waals surface area contributed by atoms with E-state index in [1.54, 1.807) is 0 Å². The number of nitrogens with one attached hydrogen (secondary N) is 1. The second-order valence-corrected chi connectivity index (χ2v) is 6.27. The van der Waals surface area contributed by atoms with Gasteiger partial charge in [0.1, 0.15) is 6.04 Å². The molecule has 0 bridgehead atoms. The van der Waals surface area contributed by atoms with Crippen molar-refractivity contribution in [1.82, 2.24) is 15.1 Å². The SMILES string of the molecule is O=C([C@H]1CCCN1C(=O)[C@@H]1CCCNC1)N1CCCC1. The van der Waals surface area contributed by atoms with Crippen molar-refractivity contribution in [3.63, 3.8) is 0 Å². The minimum Gasteiger partial charge on any atom is -0.341 e. The number of nitrogens with zero attached hydrogens (tertiary/aromatic N) is 2. The van der Waals surface area contributed by atoms with E-state index in [-0.39, 0.29) is 23.8 Å².